The number of amides is 1. The van der Waals surface area contributed by atoms with E-state index in [0.717, 1.165) is 0 Å². The molecule has 0 unspecified atom stereocenters. The van der Waals surface area contributed by atoms with E-state index in [1.165, 1.54) is 28.6 Å². The third-order valence-corrected chi connectivity index (χ3v) is 7.34. The molecule has 10 nitrogen and oxygen atoms in total. The van der Waals surface area contributed by atoms with Crippen LogP contribution in [0, 0.1) is 10.1 Å². The first-order valence-corrected chi connectivity index (χ1v) is 12.1. The molecule has 2 aromatic rings. The number of hydrogen-bond acceptors (Lipinski definition) is 7. The molecule has 0 spiro atoms. The zero-order chi connectivity index (χ0) is 24.2. The maximum atomic E-state index is 13.2. The number of nitrogens with one attached hydrogen (secondary N) is 2. The molecular formula is C21H25ClN4O6S. The number of nitro benzene ring substituents is 1. The van der Waals surface area contributed by atoms with E-state index in [0.29, 0.717) is 5.69 Å². The SMILES string of the molecule is C[C@@H]1CN(S(=O)(=O)c2cc(C(=O)NCCNc3ccccc3[N+](=O)[O-])ccc2Cl)C[C@H](C)O1. The van der Waals surface area contributed by atoms with Gasteiger partial charge >= 0.3 is 0 Å². The molecule has 3 rings (SSSR count). The van der Waals surface area contributed by atoms with E-state index in [1.807, 2.05) is 0 Å². The molecule has 2 atom stereocenters. The Morgan fingerprint density at radius 1 is 1.18 bits per heavy atom. The lowest BCUT2D eigenvalue weighted by Gasteiger charge is -2.34. The van der Waals surface area contributed by atoms with Gasteiger partial charge in [-0.05, 0) is 38.1 Å². The number of carbonyl (C=O) groups is 1. The maximum Gasteiger partial charge on any atom is 0.292 e. The van der Waals surface area contributed by atoms with Gasteiger partial charge in [0.15, 0.2) is 0 Å². The summed E-state index contributed by atoms with van der Waals surface area (Å²) in [7, 11) is -3.92. The number of sulfonamides is 1. The van der Waals surface area contributed by atoms with Crippen molar-refractivity contribution in [2.45, 2.75) is 31.0 Å². The van der Waals surface area contributed by atoms with Crippen molar-refractivity contribution in [2.75, 3.05) is 31.5 Å². The van der Waals surface area contributed by atoms with Gasteiger partial charge in [-0.1, -0.05) is 23.7 Å². The van der Waals surface area contributed by atoms with E-state index in [9.17, 15) is 23.3 Å². The standard InChI is InChI=1S/C21H25ClN4O6S/c1-14-12-25(13-15(2)32-14)33(30,31)20-11-16(7-8-17(20)22)21(27)24-10-9-23-18-5-3-4-6-19(18)26(28)29/h3-8,11,14-15,23H,9-10,12-13H2,1-2H3,(H,24,27)/t14-,15+. The monoisotopic (exact) mass is 496 g/mol. The molecule has 0 aromatic heterocycles. The van der Waals surface area contributed by atoms with Crippen molar-refractivity contribution in [1.82, 2.24) is 9.62 Å². The maximum absolute atomic E-state index is 13.2. The number of anilines is 1. The molecule has 1 aliphatic rings. The van der Waals surface area contributed by atoms with Gasteiger partial charge in [-0.2, -0.15) is 4.31 Å². The zero-order valence-corrected chi connectivity index (χ0v) is 19.7. The molecule has 2 N–H and O–H groups in total. The molecule has 0 saturated carbocycles. The Kier molecular flexibility index (Phi) is 7.90. The number of halogens is 1. The number of nitrogens with zero attached hydrogens (tertiary/aromatic N) is 2. The Morgan fingerprint density at radius 3 is 2.52 bits per heavy atom. The minimum atomic E-state index is -3.92. The molecule has 0 bridgehead atoms. The molecule has 0 radical (unpaired) electrons. The summed E-state index contributed by atoms with van der Waals surface area (Å²) in [6.07, 6.45) is -0.525. The van der Waals surface area contributed by atoms with Crippen molar-refractivity contribution in [1.29, 1.82) is 0 Å². The number of carbonyl (C=O) groups excluding carboxylic acids is 1. The van der Waals surface area contributed by atoms with Crippen LogP contribution in [0.2, 0.25) is 5.02 Å². The number of para-hydroxylation sites is 2. The Hall–Kier alpha value is -2.73. The van der Waals surface area contributed by atoms with E-state index < -0.39 is 20.9 Å². The van der Waals surface area contributed by atoms with Crippen molar-refractivity contribution >= 4 is 38.9 Å². The molecule has 1 fully saturated rings. The molecule has 12 heteroatoms. The number of morpholine rings is 1. The van der Waals surface area contributed by atoms with Crippen LogP contribution in [-0.4, -0.2) is 61.9 Å². The number of nitro groups is 1. The Morgan fingerprint density at radius 2 is 1.85 bits per heavy atom. The van der Waals surface area contributed by atoms with Gasteiger partial charge in [0.1, 0.15) is 10.6 Å². The topological polar surface area (TPSA) is 131 Å². The van der Waals surface area contributed by atoms with E-state index >= 15 is 0 Å². The van der Waals surface area contributed by atoms with Crippen LogP contribution in [0.4, 0.5) is 11.4 Å². The lowest BCUT2D eigenvalue weighted by molar-refractivity contribution is -0.384. The second kappa shape index (κ2) is 10.5. The van der Waals surface area contributed by atoms with Crippen molar-refractivity contribution in [3.8, 4) is 0 Å². The third-order valence-electron chi connectivity index (χ3n) is 5.02. The highest BCUT2D eigenvalue weighted by molar-refractivity contribution is 7.89. The summed E-state index contributed by atoms with van der Waals surface area (Å²) in [6, 6.07) is 10.3. The van der Waals surface area contributed by atoms with Crippen LogP contribution < -0.4 is 10.6 Å². The highest BCUT2D eigenvalue weighted by Gasteiger charge is 2.33. The first-order valence-electron chi connectivity index (χ1n) is 10.3. The van der Waals surface area contributed by atoms with Gasteiger partial charge < -0.3 is 15.4 Å². The quantitative estimate of drug-likeness (QED) is 0.326. The Bertz CT molecular complexity index is 1130. The predicted molar refractivity (Wildman–Crippen MR) is 124 cm³/mol. The molecule has 1 saturated heterocycles. The Balaban J connectivity index is 1.66. The summed E-state index contributed by atoms with van der Waals surface area (Å²) in [5.74, 6) is -0.490. The van der Waals surface area contributed by atoms with Crippen LogP contribution in [-0.2, 0) is 14.8 Å². The van der Waals surface area contributed by atoms with E-state index in [4.69, 9.17) is 16.3 Å². The number of hydrogen-bond donors (Lipinski definition) is 2. The largest absolute Gasteiger partial charge is 0.378 e. The van der Waals surface area contributed by atoms with Gasteiger partial charge in [-0.3, -0.25) is 14.9 Å². The van der Waals surface area contributed by atoms with Crippen LogP contribution in [0.25, 0.3) is 0 Å². The average molecular weight is 497 g/mol. The van der Waals surface area contributed by atoms with E-state index in [-0.39, 0.29) is 59.6 Å². The van der Waals surface area contributed by atoms with Gasteiger partial charge in [0.25, 0.3) is 11.6 Å². The molecule has 1 aliphatic heterocycles. The van der Waals surface area contributed by atoms with Gasteiger partial charge in [-0.15, -0.1) is 0 Å². The van der Waals surface area contributed by atoms with Crippen molar-refractivity contribution in [3.63, 3.8) is 0 Å². The molecule has 1 amide bonds. The first kappa shape index (κ1) is 24.9. The summed E-state index contributed by atoms with van der Waals surface area (Å²) in [5, 5.41) is 16.7. The molecule has 0 aliphatic carbocycles. The fourth-order valence-electron chi connectivity index (χ4n) is 3.57. The zero-order valence-electron chi connectivity index (χ0n) is 18.2. The summed E-state index contributed by atoms with van der Waals surface area (Å²) in [6.45, 7) is 4.36. The molecule has 178 valence electrons. The van der Waals surface area contributed by atoms with Crippen LogP contribution in [0.5, 0.6) is 0 Å². The lowest BCUT2D eigenvalue weighted by atomic mass is 10.2. The molecule has 1 heterocycles. The Labute approximate surface area is 197 Å². The summed E-state index contributed by atoms with van der Waals surface area (Å²) >= 11 is 6.18. The molecule has 33 heavy (non-hydrogen) atoms. The predicted octanol–water partition coefficient (Wildman–Crippen LogP) is 2.89. The van der Waals surface area contributed by atoms with Gasteiger partial charge in [0.2, 0.25) is 10.0 Å². The van der Waals surface area contributed by atoms with Crippen LogP contribution >= 0.6 is 11.6 Å². The fourth-order valence-corrected chi connectivity index (χ4v) is 5.66. The minimum absolute atomic E-state index is 0.0244. The second-order valence-electron chi connectivity index (χ2n) is 7.68. The van der Waals surface area contributed by atoms with Crippen LogP contribution in [0.15, 0.2) is 47.4 Å². The highest BCUT2D eigenvalue weighted by Crippen LogP contribution is 2.28. The van der Waals surface area contributed by atoms with Crippen LogP contribution in [0.3, 0.4) is 0 Å². The van der Waals surface area contributed by atoms with Crippen LogP contribution in [0.1, 0.15) is 24.2 Å². The van der Waals surface area contributed by atoms with Gasteiger partial charge in [-0.25, -0.2) is 8.42 Å². The second-order valence-corrected chi connectivity index (χ2v) is 10.00. The van der Waals surface area contributed by atoms with Gasteiger partial charge in [0.05, 0.1) is 22.2 Å². The van der Waals surface area contributed by atoms with Crippen molar-refractivity contribution < 1.29 is 22.9 Å². The number of benzene rings is 2. The lowest BCUT2D eigenvalue weighted by Crippen LogP contribution is -2.48. The average Bonchev–Trinajstić information content (AvgIpc) is 2.76. The highest BCUT2D eigenvalue weighted by atomic mass is 35.5. The van der Waals surface area contributed by atoms with Crippen molar-refractivity contribution in [3.05, 3.63) is 63.2 Å². The third kappa shape index (κ3) is 5.99. The van der Waals surface area contributed by atoms with Crippen molar-refractivity contribution in [2.24, 2.45) is 0 Å². The van der Waals surface area contributed by atoms with E-state index in [1.54, 1.807) is 32.0 Å². The van der Waals surface area contributed by atoms with E-state index in [2.05, 4.69) is 10.6 Å². The first-order chi connectivity index (χ1) is 15.6. The summed E-state index contributed by atoms with van der Waals surface area (Å²) in [5.41, 5.74) is 0.409. The summed E-state index contributed by atoms with van der Waals surface area (Å²) < 4.78 is 33.2. The molecule has 2 aromatic carbocycles. The normalized spacial score (nSPS) is 19.1. The fraction of sp³-hybridized carbons (Fsp3) is 0.381. The smallest absolute Gasteiger partial charge is 0.292 e. The number of rotatable bonds is 8. The summed E-state index contributed by atoms with van der Waals surface area (Å²) in [4.78, 5) is 23.0. The number of ether oxygens (including phenoxy) is 1. The van der Waals surface area contributed by atoms with Gasteiger partial charge in [0, 0.05) is 37.8 Å². The minimum Gasteiger partial charge on any atom is -0.378 e. The molecular weight excluding hydrogens is 472 g/mol.